The van der Waals surface area contributed by atoms with Crippen LogP contribution in [0.3, 0.4) is 0 Å². The van der Waals surface area contributed by atoms with Crippen LogP contribution >= 0.6 is 0 Å². The van der Waals surface area contributed by atoms with E-state index < -0.39 is 5.91 Å². The van der Waals surface area contributed by atoms with Crippen molar-refractivity contribution in [1.29, 1.82) is 0 Å². The molecule has 0 unspecified atom stereocenters. The Kier molecular flexibility index (Phi) is 5.89. The Hall–Kier alpha value is -2.74. The second-order valence-corrected chi connectivity index (χ2v) is 7.92. The van der Waals surface area contributed by atoms with Crippen molar-refractivity contribution >= 4 is 23.4 Å². The fourth-order valence-corrected chi connectivity index (χ4v) is 3.94. The fourth-order valence-electron chi connectivity index (χ4n) is 3.94. The molecule has 1 saturated heterocycles. The minimum absolute atomic E-state index is 0.0798. The number of benzene rings is 1. The zero-order valence-corrected chi connectivity index (χ0v) is 16.9. The van der Waals surface area contributed by atoms with Crippen LogP contribution in [0.15, 0.2) is 24.3 Å². The minimum Gasteiger partial charge on any atom is -0.365 e. The first-order chi connectivity index (χ1) is 14.1. The molecule has 2 fully saturated rings. The van der Waals surface area contributed by atoms with Gasteiger partial charge in [0.15, 0.2) is 11.5 Å². The van der Waals surface area contributed by atoms with E-state index in [-0.39, 0.29) is 5.69 Å². The zero-order valence-electron chi connectivity index (χ0n) is 16.9. The van der Waals surface area contributed by atoms with Crippen molar-refractivity contribution in [3.8, 4) is 0 Å². The van der Waals surface area contributed by atoms with E-state index >= 15 is 0 Å². The average molecular weight is 396 g/mol. The molecule has 2 heterocycles. The quantitative estimate of drug-likeness (QED) is 0.661. The Morgan fingerprint density at radius 3 is 2.45 bits per heavy atom. The van der Waals surface area contributed by atoms with Crippen molar-refractivity contribution in [2.75, 3.05) is 30.3 Å². The number of anilines is 3. The van der Waals surface area contributed by atoms with E-state index in [0.717, 1.165) is 25.1 Å². The molecule has 2 aromatic rings. The van der Waals surface area contributed by atoms with Crippen LogP contribution in [0.25, 0.3) is 0 Å². The maximum absolute atomic E-state index is 11.6. The van der Waals surface area contributed by atoms with Crippen LogP contribution in [0.4, 0.5) is 17.5 Å². The fraction of sp³-hybridized carbons (Fsp3) is 0.524. The minimum atomic E-state index is -0.628. The molecular formula is C21H29N7O. The smallest absolute Gasteiger partial charge is 0.273 e. The highest BCUT2D eigenvalue weighted by molar-refractivity contribution is 5.95. The van der Waals surface area contributed by atoms with Gasteiger partial charge in [-0.05, 0) is 75.4 Å². The SMILES string of the molecule is CCN1CCC(c2ccc(Nc3nnc(C(N)=O)c(NC4CCC4)n3)cc2)CC1. The highest BCUT2D eigenvalue weighted by Gasteiger charge is 2.22. The van der Waals surface area contributed by atoms with E-state index in [4.69, 9.17) is 5.73 Å². The number of carbonyl (C=O) groups excluding carboxylic acids is 1. The van der Waals surface area contributed by atoms with Gasteiger partial charge in [0.2, 0.25) is 5.95 Å². The van der Waals surface area contributed by atoms with E-state index in [1.165, 1.54) is 37.9 Å². The number of carbonyl (C=O) groups is 1. The van der Waals surface area contributed by atoms with Crippen LogP contribution in [0.5, 0.6) is 0 Å². The summed E-state index contributed by atoms with van der Waals surface area (Å²) in [5.41, 5.74) is 7.76. The van der Waals surface area contributed by atoms with Crippen LogP contribution in [0.2, 0.25) is 0 Å². The first-order valence-electron chi connectivity index (χ1n) is 10.5. The summed E-state index contributed by atoms with van der Waals surface area (Å²) >= 11 is 0. The van der Waals surface area contributed by atoms with Gasteiger partial charge < -0.3 is 21.3 Å². The molecule has 8 nitrogen and oxygen atoms in total. The first-order valence-corrected chi connectivity index (χ1v) is 10.5. The normalized spacial score (nSPS) is 18.2. The molecule has 1 amide bonds. The maximum Gasteiger partial charge on any atom is 0.273 e. The van der Waals surface area contributed by atoms with Gasteiger partial charge in [-0.15, -0.1) is 10.2 Å². The summed E-state index contributed by atoms with van der Waals surface area (Å²) in [4.78, 5) is 18.6. The molecule has 4 rings (SSSR count). The third kappa shape index (κ3) is 4.64. The highest BCUT2D eigenvalue weighted by Crippen LogP contribution is 2.29. The average Bonchev–Trinajstić information content (AvgIpc) is 2.71. The van der Waals surface area contributed by atoms with E-state index in [9.17, 15) is 4.79 Å². The van der Waals surface area contributed by atoms with Crippen molar-refractivity contribution in [3.63, 3.8) is 0 Å². The van der Waals surface area contributed by atoms with Crippen molar-refractivity contribution in [2.24, 2.45) is 5.73 Å². The molecule has 0 atom stereocenters. The third-order valence-corrected chi connectivity index (χ3v) is 6.04. The van der Waals surface area contributed by atoms with Gasteiger partial charge in [0.05, 0.1) is 0 Å². The molecule has 0 bridgehead atoms. The topological polar surface area (TPSA) is 109 Å². The van der Waals surface area contributed by atoms with Crippen molar-refractivity contribution in [3.05, 3.63) is 35.5 Å². The van der Waals surface area contributed by atoms with Gasteiger partial charge >= 0.3 is 0 Å². The molecule has 8 heteroatoms. The molecule has 1 aromatic carbocycles. The molecule has 4 N–H and O–H groups in total. The van der Waals surface area contributed by atoms with Crippen molar-refractivity contribution in [2.45, 2.75) is 51.0 Å². The van der Waals surface area contributed by atoms with Crippen molar-refractivity contribution < 1.29 is 4.79 Å². The lowest BCUT2D eigenvalue weighted by molar-refractivity contribution is 0.0995. The van der Waals surface area contributed by atoms with Gasteiger partial charge in [0.25, 0.3) is 5.91 Å². The number of piperidine rings is 1. The summed E-state index contributed by atoms with van der Waals surface area (Å²) in [6.45, 7) is 5.70. The van der Waals surface area contributed by atoms with Gasteiger partial charge in [-0.1, -0.05) is 19.1 Å². The van der Waals surface area contributed by atoms with Crippen molar-refractivity contribution in [1.82, 2.24) is 20.1 Å². The first kappa shape index (κ1) is 19.6. The Balaban J connectivity index is 1.43. The lowest BCUT2D eigenvalue weighted by Gasteiger charge is -2.31. The molecule has 2 aliphatic rings. The zero-order chi connectivity index (χ0) is 20.2. The Labute approximate surface area is 171 Å². The number of nitrogens with one attached hydrogen (secondary N) is 2. The number of amides is 1. The van der Waals surface area contributed by atoms with Gasteiger partial charge in [-0.25, -0.2) is 0 Å². The largest absolute Gasteiger partial charge is 0.365 e. The van der Waals surface area contributed by atoms with E-state index in [0.29, 0.717) is 23.7 Å². The Bertz CT molecular complexity index is 843. The maximum atomic E-state index is 11.6. The lowest BCUT2D eigenvalue weighted by Crippen LogP contribution is -2.32. The van der Waals surface area contributed by atoms with E-state index in [1.807, 2.05) is 12.1 Å². The van der Waals surface area contributed by atoms with Gasteiger partial charge in [0, 0.05) is 11.7 Å². The second-order valence-electron chi connectivity index (χ2n) is 7.92. The number of likely N-dealkylation sites (tertiary alicyclic amines) is 1. The predicted octanol–water partition coefficient (Wildman–Crippen LogP) is 2.88. The lowest BCUT2D eigenvalue weighted by atomic mass is 9.89. The summed E-state index contributed by atoms with van der Waals surface area (Å²) in [5, 5.41) is 14.4. The monoisotopic (exact) mass is 395 g/mol. The summed E-state index contributed by atoms with van der Waals surface area (Å²) < 4.78 is 0. The Morgan fingerprint density at radius 1 is 1.14 bits per heavy atom. The van der Waals surface area contributed by atoms with Gasteiger partial charge in [-0.3, -0.25) is 4.79 Å². The molecule has 154 valence electrons. The summed E-state index contributed by atoms with van der Waals surface area (Å²) in [7, 11) is 0. The van der Waals surface area contributed by atoms with Crippen LogP contribution in [0.1, 0.15) is 61.0 Å². The summed E-state index contributed by atoms with van der Waals surface area (Å²) in [5.74, 6) is 0.745. The standard InChI is InChI=1S/C21H29N7O/c1-2-28-12-10-15(11-13-28)14-6-8-17(9-7-14)24-21-25-20(23-16-4-3-5-16)18(19(22)29)26-27-21/h6-9,15-16H,2-5,10-13H2,1H3,(H2,22,29)(H2,23,24,25,27). The molecule has 0 radical (unpaired) electrons. The second kappa shape index (κ2) is 8.73. The Morgan fingerprint density at radius 2 is 1.86 bits per heavy atom. The van der Waals surface area contributed by atoms with E-state index in [1.54, 1.807) is 0 Å². The highest BCUT2D eigenvalue weighted by atomic mass is 16.1. The number of hydrogen-bond donors (Lipinski definition) is 3. The number of primary amides is 1. The van der Waals surface area contributed by atoms with E-state index in [2.05, 4.69) is 49.8 Å². The number of aromatic nitrogens is 3. The summed E-state index contributed by atoms with van der Waals surface area (Å²) in [6, 6.07) is 8.76. The van der Waals surface area contributed by atoms with Gasteiger partial charge in [-0.2, -0.15) is 4.98 Å². The molecular weight excluding hydrogens is 366 g/mol. The number of nitrogens with zero attached hydrogens (tertiary/aromatic N) is 4. The third-order valence-electron chi connectivity index (χ3n) is 6.04. The molecule has 29 heavy (non-hydrogen) atoms. The molecule has 1 saturated carbocycles. The van der Waals surface area contributed by atoms with Crippen LogP contribution in [-0.2, 0) is 0 Å². The van der Waals surface area contributed by atoms with Crippen LogP contribution in [0, 0.1) is 0 Å². The van der Waals surface area contributed by atoms with Crippen LogP contribution in [-0.4, -0.2) is 51.7 Å². The predicted molar refractivity (Wildman–Crippen MR) is 113 cm³/mol. The molecule has 1 aliphatic heterocycles. The summed E-state index contributed by atoms with van der Waals surface area (Å²) in [6.07, 6.45) is 5.71. The molecule has 0 spiro atoms. The number of rotatable bonds is 7. The van der Waals surface area contributed by atoms with Gasteiger partial charge in [0.1, 0.15) is 0 Å². The molecule has 1 aliphatic carbocycles. The van der Waals surface area contributed by atoms with Crippen LogP contribution < -0.4 is 16.4 Å². The molecule has 1 aromatic heterocycles. The number of hydrogen-bond acceptors (Lipinski definition) is 7. The number of nitrogens with two attached hydrogens (primary N) is 1.